The van der Waals surface area contributed by atoms with Crippen molar-refractivity contribution in [2.24, 2.45) is 0 Å². The van der Waals surface area contributed by atoms with Crippen molar-refractivity contribution in [2.45, 2.75) is 26.3 Å². The molecule has 30 heavy (non-hydrogen) atoms. The van der Waals surface area contributed by atoms with Crippen molar-refractivity contribution in [3.8, 4) is 11.5 Å². The number of hydrogen-bond donors (Lipinski definition) is 1. The lowest BCUT2D eigenvalue weighted by Gasteiger charge is -2.21. The van der Waals surface area contributed by atoms with Crippen LogP contribution in [-0.2, 0) is 17.8 Å². The summed E-state index contributed by atoms with van der Waals surface area (Å²) in [5.74, 6) is 0.871. The molecule has 1 aromatic carbocycles. The minimum Gasteiger partial charge on any atom is -0.493 e. The standard InChI is InChI=1S/C22H27N3O5/c1-15-6-10-24(11-7-16-4-5-17(29-2)18(14-16)30-3)21(27)20(15)22(28)25-12-8-19(26)23-9-13-25/h4-6,10,14H,7-9,11-13H2,1-3H3,(H,23,26). The van der Waals surface area contributed by atoms with Gasteiger partial charge in [0.25, 0.3) is 11.5 Å². The number of amides is 2. The lowest BCUT2D eigenvalue weighted by molar-refractivity contribution is -0.120. The highest BCUT2D eigenvalue weighted by atomic mass is 16.5. The van der Waals surface area contributed by atoms with Gasteiger partial charge in [0, 0.05) is 38.8 Å². The third-order valence-electron chi connectivity index (χ3n) is 5.28. The third kappa shape index (κ3) is 4.64. The van der Waals surface area contributed by atoms with E-state index in [9.17, 15) is 14.4 Å². The lowest BCUT2D eigenvalue weighted by atomic mass is 10.1. The Morgan fingerprint density at radius 2 is 1.87 bits per heavy atom. The third-order valence-corrected chi connectivity index (χ3v) is 5.28. The van der Waals surface area contributed by atoms with Crippen molar-refractivity contribution in [1.82, 2.24) is 14.8 Å². The number of aryl methyl sites for hydroxylation is 3. The van der Waals surface area contributed by atoms with Crippen molar-refractivity contribution in [2.75, 3.05) is 33.9 Å². The zero-order valence-corrected chi connectivity index (χ0v) is 17.6. The molecule has 3 rings (SSSR count). The summed E-state index contributed by atoms with van der Waals surface area (Å²) >= 11 is 0. The van der Waals surface area contributed by atoms with Gasteiger partial charge in [0.05, 0.1) is 14.2 Å². The molecule has 2 amide bonds. The van der Waals surface area contributed by atoms with Crippen LogP contribution in [0.25, 0.3) is 0 Å². The molecule has 2 aromatic rings. The monoisotopic (exact) mass is 413 g/mol. The van der Waals surface area contributed by atoms with E-state index in [0.29, 0.717) is 49.7 Å². The van der Waals surface area contributed by atoms with E-state index >= 15 is 0 Å². The van der Waals surface area contributed by atoms with Crippen LogP contribution in [0.1, 0.15) is 27.9 Å². The lowest BCUT2D eigenvalue weighted by Crippen LogP contribution is -2.39. The molecule has 0 aliphatic carbocycles. The Morgan fingerprint density at radius 3 is 2.60 bits per heavy atom. The zero-order chi connectivity index (χ0) is 21.7. The number of ether oxygens (including phenoxy) is 2. The van der Waals surface area contributed by atoms with Gasteiger partial charge in [-0.1, -0.05) is 6.07 Å². The number of nitrogens with one attached hydrogen (secondary N) is 1. The maximum Gasteiger partial charge on any atom is 0.263 e. The molecule has 1 N–H and O–H groups in total. The first-order valence-corrected chi connectivity index (χ1v) is 9.91. The number of carbonyl (C=O) groups is 2. The average molecular weight is 413 g/mol. The van der Waals surface area contributed by atoms with Crippen molar-refractivity contribution < 1.29 is 19.1 Å². The number of nitrogens with zero attached hydrogens (tertiary/aromatic N) is 2. The SMILES string of the molecule is COc1ccc(CCn2ccc(C)c(C(=O)N3CCNC(=O)CC3)c2=O)cc1OC. The van der Waals surface area contributed by atoms with E-state index in [-0.39, 0.29) is 29.4 Å². The van der Waals surface area contributed by atoms with Crippen LogP contribution in [0.2, 0.25) is 0 Å². The van der Waals surface area contributed by atoms with Gasteiger partial charge in [-0.3, -0.25) is 14.4 Å². The molecule has 1 fully saturated rings. The van der Waals surface area contributed by atoms with Gasteiger partial charge in [-0.05, 0) is 42.7 Å². The zero-order valence-electron chi connectivity index (χ0n) is 17.6. The summed E-state index contributed by atoms with van der Waals surface area (Å²) in [6.45, 7) is 3.28. The van der Waals surface area contributed by atoms with Gasteiger partial charge in [-0.2, -0.15) is 0 Å². The highest BCUT2D eigenvalue weighted by molar-refractivity contribution is 5.95. The Kier molecular flexibility index (Phi) is 6.76. The average Bonchev–Trinajstić information content (AvgIpc) is 2.97. The van der Waals surface area contributed by atoms with Crippen molar-refractivity contribution in [3.05, 3.63) is 57.5 Å². The summed E-state index contributed by atoms with van der Waals surface area (Å²) in [6, 6.07) is 7.42. The highest BCUT2D eigenvalue weighted by Gasteiger charge is 2.24. The van der Waals surface area contributed by atoms with E-state index in [4.69, 9.17) is 9.47 Å². The first-order valence-electron chi connectivity index (χ1n) is 9.91. The quantitative estimate of drug-likeness (QED) is 0.773. The number of benzene rings is 1. The fraction of sp³-hybridized carbons (Fsp3) is 0.409. The molecule has 1 aliphatic rings. The van der Waals surface area contributed by atoms with Crippen LogP contribution in [-0.4, -0.2) is 55.1 Å². The van der Waals surface area contributed by atoms with E-state index in [1.165, 1.54) is 0 Å². The Hall–Kier alpha value is -3.29. The first-order chi connectivity index (χ1) is 14.4. The van der Waals surface area contributed by atoms with E-state index in [1.807, 2.05) is 18.2 Å². The predicted octanol–water partition coefficient (Wildman–Crippen LogP) is 1.38. The van der Waals surface area contributed by atoms with Crippen LogP contribution < -0.4 is 20.3 Å². The predicted molar refractivity (Wildman–Crippen MR) is 112 cm³/mol. The Balaban J connectivity index is 1.80. The summed E-state index contributed by atoms with van der Waals surface area (Å²) in [5.41, 5.74) is 1.48. The van der Waals surface area contributed by atoms with Gasteiger partial charge < -0.3 is 24.3 Å². The highest BCUT2D eigenvalue weighted by Crippen LogP contribution is 2.27. The Labute approximate surface area is 175 Å². The molecule has 2 heterocycles. The van der Waals surface area contributed by atoms with Crippen LogP contribution >= 0.6 is 0 Å². The molecule has 8 nitrogen and oxygen atoms in total. The van der Waals surface area contributed by atoms with Gasteiger partial charge in [-0.15, -0.1) is 0 Å². The molecule has 1 saturated heterocycles. The Bertz CT molecular complexity index is 999. The largest absolute Gasteiger partial charge is 0.493 e. The van der Waals surface area contributed by atoms with Gasteiger partial charge >= 0.3 is 0 Å². The van der Waals surface area contributed by atoms with Crippen LogP contribution in [0.4, 0.5) is 0 Å². The fourth-order valence-electron chi connectivity index (χ4n) is 3.52. The van der Waals surface area contributed by atoms with Crippen molar-refractivity contribution in [1.29, 1.82) is 0 Å². The molecule has 0 spiro atoms. The van der Waals surface area contributed by atoms with Crippen molar-refractivity contribution in [3.63, 3.8) is 0 Å². The summed E-state index contributed by atoms with van der Waals surface area (Å²) in [7, 11) is 3.16. The summed E-state index contributed by atoms with van der Waals surface area (Å²) in [6.07, 6.45) is 2.55. The molecule has 1 aromatic heterocycles. The molecule has 1 aliphatic heterocycles. The summed E-state index contributed by atoms with van der Waals surface area (Å²) < 4.78 is 12.1. The fourth-order valence-corrected chi connectivity index (χ4v) is 3.52. The van der Waals surface area contributed by atoms with E-state index in [0.717, 1.165) is 5.56 Å². The second-order valence-corrected chi connectivity index (χ2v) is 7.20. The van der Waals surface area contributed by atoms with Crippen LogP contribution in [0, 0.1) is 6.92 Å². The van der Waals surface area contributed by atoms with Gasteiger partial charge in [0.1, 0.15) is 5.56 Å². The minimum atomic E-state index is -0.325. The topological polar surface area (TPSA) is 89.9 Å². The number of pyridine rings is 1. The molecule has 0 atom stereocenters. The molecule has 0 radical (unpaired) electrons. The van der Waals surface area contributed by atoms with E-state index < -0.39 is 0 Å². The number of aromatic nitrogens is 1. The minimum absolute atomic E-state index is 0.0811. The van der Waals surface area contributed by atoms with Gasteiger partial charge in [0.15, 0.2) is 11.5 Å². The number of rotatable bonds is 6. The van der Waals surface area contributed by atoms with Gasteiger partial charge in [0.2, 0.25) is 5.91 Å². The summed E-state index contributed by atoms with van der Waals surface area (Å²) in [4.78, 5) is 39.2. The Morgan fingerprint density at radius 1 is 1.10 bits per heavy atom. The maximum absolute atomic E-state index is 13.1. The van der Waals surface area contributed by atoms with E-state index in [2.05, 4.69) is 5.32 Å². The molecular formula is C22H27N3O5. The first kappa shape index (κ1) is 21.4. The summed E-state index contributed by atoms with van der Waals surface area (Å²) in [5, 5.41) is 2.74. The molecular weight excluding hydrogens is 386 g/mol. The molecule has 0 unspecified atom stereocenters. The molecule has 0 saturated carbocycles. The molecule has 8 heteroatoms. The second kappa shape index (κ2) is 9.47. The molecule has 160 valence electrons. The normalized spacial score (nSPS) is 14.1. The van der Waals surface area contributed by atoms with Gasteiger partial charge in [-0.25, -0.2) is 0 Å². The number of hydrogen-bond acceptors (Lipinski definition) is 5. The molecule has 0 bridgehead atoms. The number of carbonyl (C=O) groups excluding carboxylic acids is 2. The van der Waals surface area contributed by atoms with Crippen LogP contribution in [0.3, 0.4) is 0 Å². The van der Waals surface area contributed by atoms with Crippen LogP contribution in [0.5, 0.6) is 11.5 Å². The second-order valence-electron chi connectivity index (χ2n) is 7.20. The maximum atomic E-state index is 13.1. The van der Waals surface area contributed by atoms with Crippen LogP contribution in [0.15, 0.2) is 35.3 Å². The van der Waals surface area contributed by atoms with Crippen molar-refractivity contribution >= 4 is 11.8 Å². The van der Waals surface area contributed by atoms with E-state index in [1.54, 1.807) is 42.9 Å². The smallest absolute Gasteiger partial charge is 0.263 e. The number of methoxy groups -OCH3 is 2.